The summed E-state index contributed by atoms with van der Waals surface area (Å²) < 4.78 is 0. The van der Waals surface area contributed by atoms with Crippen molar-refractivity contribution in [3.05, 3.63) is 90.3 Å². The van der Waals surface area contributed by atoms with Crippen molar-refractivity contribution in [2.45, 2.75) is 13.5 Å². The summed E-state index contributed by atoms with van der Waals surface area (Å²) in [5.74, 6) is -0.117. The van der Waals surface area contributed by atoms with Crippen LogP contribution in [0.4, 0.5) is 11.4 Å². The molecule has 0 aliphatic rings. The predicted molar refractivity (Wildman–Crippen MR) is 107 cm³/mol. The molecular weight excluding hydrogens is 322 g/mol. The van der Waals surface area contributed by atoms with Crippen LogP contribution in [0.25, 0.3) is 0 Å². The van der Waals surface area contributed by atoms with Gasteiger partial charge in [-0.3, -0.25) is 4.79 Å². The molecule has 0 unspecified atom stereocenters. The van der Waals surface area contributed by atoms with Crippen molar-refractivity contribution in [3.63, 3.8) is 0 Å². The van der Waals surface area contributed by atoms with Gasteiger partial charge in [-0.1, -0.05) is 48.5 Å². The minimum absolute atomic E-state index is 0.117. The van der Waals surface area contributed by atoms with Gasteiger partial charge in [-0.15, -0.1) is 0 Å². The predicted octanol–water partition coefficient (Wildman–Crippen LogP) is 4.38. The van der Waals surface area contributed by atoms with Crippen LogP contribution in [0.1, 0.15) is 23.0 Å². The zero-order valence-corrected chi connectivity index (χ0v) is 15.2. The maximum Gasteiger partial charge on any atom is 0.276 e. The number of hydrogen-bond acceptors (Lipinski definition) is 3. The number of anilines is 2. The SMILES string of the molecule is CCN(Cc1ccccc1)c1ccc(C(=O)N(C)c2ccccc2)nc1. The number of nitrogens with zero attached hydrogens (tertiary/aromatic N) is 3. The summed E-state index contributed by atoms with van der Waals surface area (Å²) in [5.41, 5.74) is 3.55. The van der Waals surface area contributed by atoms with Gasteiger partial charge in [-0.05, 0) is 36.8 Å². The summed E-state index contributed by atoms with van der Waals surface area (Å²) in [7, 11) is 1.76. The van der Waals surface area contributed by atoms with Gasteiger partial charge in [0.1, 0.15) is 5.69 Å². The van der Waals surface area contributed by atoms with E-state index in [2.05, 4.69) is 28.9 Å². The summed E-state index contributed by atoms with van der Waals surface area (Å²) in [6.07, 6.45) is 1.78. The van der Waals surface area contributed by atoms with Gasteiger partial charge in [0.25, 0.3) is 5.91 Å². The van der Waals surface area contributed by atoms with Gasteiger partial charge in [0.2, 0.25) is 0 Å². The van der Waals surface area contributed by atoms with E-state index >= 15 is 0 Å². The molecular formula is C22H23N3O. The Bertz CT molecular complexity index is 832. The van der Waals surface area contributed by atoms with Crippen molar-refractivity contribution in [1.82, 2.24) is 4.98 Å². The van der Waals surface area contributed by atoms with Gasteiger partial charge in [0.15, 0.2) is 0 Å². The lowest BCUT2D eigenvalue weighted by Crippen LogP contribution is -2.27. The van der Waals surface area contributed by atoms with E-state index in [1.165, 1.54) is 5.56 Å². The molecule has 0 aliphatic carbocycles. The third kappa shape index (κ3) is 4.09. The van der Waals surface area contributed by atoms with Crippen LogP contribution in [-0.4, -0.2) is 24.5 Å². The first kappa shape index (κ1) is 17.7. The second kappa shape index (κ2) is 8.30. The van der Waals surface area contributed by atoms with Crippen LogP contribution in [0.3, 0.4) is 0 Å². The minimum atomic E-state index is -0.117. The number of amides is 1. The molecule has 4 heteroatoms. The standard InChI is InChI=1S/C22H23N3O/c1-3-25(17-18-10-6-4-7-11-18)20-14-15-21(23-16-20)22(26)24(2)19-12-8-5-9-13-19/h4-16H,3,17H2,1-2H3. The number of carbonyl (C=O) groups is 1. The number of rotatable bonds is 6. The highest BCUT2D eigenvalue weighted by atomic mass is 16.2. The van der Waals surface area contributed by atoms with Crippen molar-refractivity contribution >= 4 is 17.3 Å². The van der Waals surface area contributed by atoms with Gasteiger partial charge in [-0.2, -0.15) is 0 Å². The van der Waals surface area contributed by atoms with Crippen LogP contribution < -0.4 is 9.80 Å². The summed E-state index contributed by atoms with van der Waals surface area (Å²) in [6, 6.07) is 23.7. The molecule has 26 heavy (non-hydrogen) atoms. The van der Waals surface area contributed by atoms with Crippen molar-refractivity contribution in [2.24, 2.45) is 0 Å². The van der Waals surface area contributed by atoms with Crippen LogP contribution in [0.15, 0.2) is 79.0 Å². The first-order chi connectivity index (χ1) is 12.7. The Kier molecular flexibility index (Phi) is 5.64. The lowest BCUT2D eigenvalue weighted by molar-refractivity contribution is 0.0988. The molecule has 1 aromatic heterocycles. The molecule has 132 valence electrons. The van der Waals surface area contributed by atoms with E-state index in [0.717, 1.165) is 24.5 Å². The monoisotopic (exact) mass is 345 g/mol. The lowest BCUT2D eigenvalue weighted by Gasteiger charge is -2.23. The molecule has 1 amide bonds. The molecule has 0 saturated heterocycles. The zero-order chi connectivity index (χ0) is 18.4. The highest BCUT2D eigenvalue weighted by molar-refractivity contribution is 6.04. The highest BCUT2D eigenvalue weighted by Crippen LogP contribution is 2.18. The Morgan fingerprint density at radius 2 is 1.54 bits per heavy atom. The molecule has 0 aliphatic heterocycles. The Labute approximate surface area is 154 Å². The van der Waals surface area contributed by atoms with Gasteiger partial charge < -0.3 is 9.80 Å². The first-order valence-electron chi connectivity index (χ1n) is 8.77. The topological polar surface area (TPSA) is 36.4 Å². The fourth-order valence-corrected chi connectivity index (χ4v) is 2.83. The highest BCUT2D eigenvalue weighted by Gasteiger charge is 2.15. The average Bonchev–Trinajstić information content (AvgIpc) is 2.72. The van der Waals surface area contributed by atoms with Crippen molar-refractivity contribution in [1.29, 1.82) is 0 Å². The van der Waals surface area contributed by atoms with Crippen LogP contribution in [0.2, 0.25) is 0 Å². The van der Waals surface area contributed by atoms with E-state index in [0.29, 0.717) is 5.69 Å². The molecule has 0 bridgehead atoms. The molecule has 0 saturated carbocycles. The van der Waals surface area contributed by atoms with E-state index < -0.39 is 0 Å². The number of benzene rings is 2. The van der Waals surface area contributed by atoms with Crippen molar-refractivity contribution in [3.8, 4) is 0 Å². The quantitative estimate of drug-likeness (QED) is 0.665. The van der Waals surface area contributed by atoms with E-state index in [-0.39, 0.29) is 5.91 Å². The molecule has 3 aromatic rings. The second-order valence-electron chi connectivity index (χ2n) is 6.10. The fraction of sp³-hybridized carbons (Fsp3) is 0.182. The van der Waals surface area contributed by atoms with Crippen molar-refractivity contribution in [2.75, 3.05) is 23.4 Å². The molecule has 0 spiro atoms. The maximum atomic E-state index is 12.6. The number of para-hydroxylation sites is 1. The van der Waals surface area contributed by atoms with E-state index in [9.17, 15) is 4.79 Å². The molecule has 1 heterocycles. The second-order valence-corrected chi connectivity index (χ2v) is 6.10. The smallest absolute Gasteiger partial charge is 0.276 e. The normalized spacial score (nSPS) is 10.4. The summed E-state index contributed by atoms with van der Waals surface area (Å²) in [4.78, 5) is 20.9. The summed E-state index contributed by atoms with van der Waals surface area (Å²) in [5, 5.41) is 0. The molecule has 0 N–H and O–H groups in total. The van der Waals surface area contributed by atoms with Crippen LogP contribution in [0.5, 0.6) is 0 Å². The number of pyridine rings is 1. The molecule has 0 fully saturated rings. The fourth-order valence-electron chi connectivity index (χ4n) is 2.83. The maximum absolute atomic E-state index is 12.6. The molecule has 0 radical (unpaired) electrons. The number of carbonyl (C=O) groups excluding carboxylic acids is 1. The number of hydrogen-bond donors (Lipinski definition) is 0. The summed E-state index contributed by atoms with van der Waals surface area (Å²) >= 11 is 0. The van der Waals surface area contributed by atoms with Gasteiger partial charge >= 0.3 is 0 Å². The number of aromatic nitrogens is 1. The minimum Gasteiger partial charge on any atom is -0.366 e. The van der Waals surface area contributed by atoms with E-state index in [4.69, 9.17) is 0 Å². The largest absolute Gasteiger partial charge is 0.366 e. The molecule has 4 nitrogen and oxygen atoms in total. The van der Waals surface area contributed by atoms with Crippen LogP contribution in [0, 0.1) is 0 Å². The van der Waals surface area contributed by atoms with Crippen LogP contribution >= 0.6 is 0 Å². The van der Waals surface area contributed by atoms with Crippen molar-refractivity contribution < 1.29 is 4.79 Å². The third-order valence-electron chi connectivity index (χ3n) is 4.38. The van der Waals surface area contributed by atoms with E-state index in [1.807, 2.05) is 54.6 Å². The van der Waals surface area contributed by atoms with Gasteiger partial charge in [0, 0.05) is 25.8 Å². The molecule has 3 rings (SSSR count). The van der Waals surface area contributed by atoms with Crippen LogP contribution in [-0.2, 0) is 6.54 Å². The summed E-state index contributed by atoms with van der Waals surface area (Å²) in [6.45, 7) is 3.80. The Morgan fingerprint density at radius 1 is 0.885 bits per heavy atom. The Morgan fingerprint density at radius 3 is 2.12 bits per heavy atom. The Hall–Kier alpha value is -3.14. The molecule has 2 aromatic carbocycles. The third-order valence-corrected chi connectivity index (χ3v) is 4.38. The zero-order valence-electron chi connectivity index (χ0n) is 15.2. The lowest BCUT2D eigenvalue weighted by atomic mass is 10.2. The van der Waals surface area contributed by atoms with E-state index in [1.54, 1.807) is 24.2 Å². The average molecular weight is 345 g/mol. The molecule has 0 atom stereocenters. The first-order valence-corrected chi connectivity index (χ1v) is 8.77. The Balaban J connectivity index is 1.73. The van der Waals surface area contributed by atoms with Gasteiger partial charge in [-0.25, -0.2) is 4.98 Å². The van der Waals surface area contributed by atoms with Gasteiger partial charge in [0.05, 0.1) is 11.9 Å².